The van der Waals surface area contributed by atoms with Crippen molar-refractivity contribution >= 4 is 11.7 Å². The van der Waals surface area contributed by atoms with E-state index in [9.17, 15) is 4.79 Å². The largest absolute Gasteiger partial charge is 0.474 e. The molecule has 0 radical (unpaired) electrons. The average molecular weight is 235 g/mol. The molecule has 0 saturated carbocycles. The van der Waals surface area contributed by atoms with Gasteiger partial charge in [-0.25, -0.2) is 9.78 Å². The van der Waals surface area contributed by atoms with E-state index in [-0.39, 0.29) is 17.5 Å². The molecule has 2 heterocycles. The highest BCUT2D eigenvalue weighted by Gasteiger charge is 2.17. The number of carbonyl (C=O) groups excluding carboxylic acids is 1. The van der Waals surface area contributed by atoms with Crippen LogP contribution in [0.25, 0.3) is 5.78 Å². The topological polar surface area (TPSA) is 65.7 Å². The maximum absolute atomic E-state index is 11.6. The second-order valence-electron chi connectivity index (χ2n) is 3.75. The SMILES string of the molecule is COC(=O)c1cn2ccnc2nc1OC(C)C. The number of fused-ring (bicyclic) bond motifs is 1. The zero-order chi connectivity index (χ0) is 12.4. The number of rotatable bonds is 3. The molecule has 2 aromatic heterocycles. The minimum Gasteiger partial charge on any atom is -0.474 e. The summed E-state index contributed by atoms with van der Waals surface area (Å²) in [6.45, 7) is 3.72. The molecule has 0 N–H and O–H groups in total. The maximum atomic E-state index is 11.6. The van der Waals surface area contributed by atoms with Crippen LogP contribution >= 0.6 is 0 Å². The molecule has 0 aliphatic rings. The standard InChI is InChI=1S/C11H13N3O3/c1-7(2)17-9-8(10(15)16-3)6-14-5-4-12-11(14)13-9/h4-7H,1-3H3. The molecule has 6 heteroatoms. The molecule has 0 aliphatic heterocycles. The van der Waals surface area contributed by atoms with E-state index in [2.05, 4.69) is 9.97 Å². The van der Waals surface area contributed by atoms with Crippen molar-refractivity contribution in [1.82, 2.24) is 14.4 Å². The Morgan fingerprint density at radius 3 is 2.88 bits per heavy atom. The lowest BCUT2D eigenvalue weighted by molar-refractivity contribution is 0.0592. The first-order chi connectivity index (χ1) is 8.11. The molecular weight excluding hydrogens is 222 g/mol. The van der Waals surface area contributed by atoms with Crippen LogP contribution in [0, 0.1) is 0 Å². The van der Waals surface area contributed by atoms with Gasteiger partial charge in [-0.05, 0) is 13.8 Å². The van der Waals surface area contributed by atoms with Crippen molar-refractivity contribution in [2.75, 3.05) is 7.11 Å². The Hall–Kier alpha value is -2.11. The smallest absolute Gasteiger partial charge is 0.344 e. The number of methoxy groups -OCH3 is 1. The number of imidazole rings is 1. The zero-order valence-corrected chi connectivity index (χ0v) is 9.88. The molecule has 2 rings (SSSR count). The molecule has 2 aromatic rings. The van der Waals surface area contributed by atoms with Crippen LogP contribution in [0.1, 0.15) is 24.2 Å². The summed E-state index contributed by atoms with van der Waals surface area (Å²) < 4.78 is 11.8. The van der Waals surface area contributed by atoms with Gasteiger partial charge in [0.2, 0.25) is 11.7 Å². The normalized spacial score (nSPS) is 10.8. The van der Waals surface area contributed by atoms with Gasteiger partial charge in [-0.1, -0.05) is 0 Å². The minimum absolute atomic E-state index is 0.0803. The Labute approximate surface area is 98.2 Å². The van der Waals surface area contributed by atoms with Crippen LogP contribution in [0.15, 0.2) is 18.6 Å². The van der Waals surface area contributed by atoms with Crippen LogP contribution in [0.2, 0.25) is 0 Å². The highest BCUT2D eigenvalue weighted by Crippen LogP contribution is 2.18. The van der Waals surface area contributed by atoms with E-state index in [4.69, 9.17) is 9.47 Å². The third-order valence-corrected chi connectivity index (χ3v) is 2.10. The van der Waals surface area contributed by atoms with Gasteiger partial charge in [0, 0.05) is 18.6 Å². The Kier molecular flexibility index (Phi) is 2.95. The number of hydrogen-bond donors (Lipinski definition) is 0. The molecule has 0 unspecified atom stereocenters. The summed E-state index contributed by atoms with van der Waals surface area (Å²) in [6.07, 6.45) is 4.82. The van der Waals surface area contributed by atoms with Gasteiger partial charge in [0.15, 0.2) is 0 Å². The summed E-state index contributed by atoms with van der Waals surface area (Å²) in [5, 5.41) is 0. The van der Waals surface area contributed by atoms with Crippen LogP contribution in [0.5, 0.6) is 5.88 Å². The van der Waals surface area contributed by atoms with Crippen molar-refractivity contribution in [2.24, 2.45) is 0 Å². The number of carbonyl (C=O) groups is 1. The number of nitrogens with zero attached hydrogens (tertiary/aromatic N) is 3. The molecule has 0 spiro atoms. The molecule has 0 aliphatic carbocycles. The first-order valence-electron chi connectivity index (χ1n) is 5.20. The summed E-state index contributed by atoms with van der Waals surface area (Å²) in [4.78, 5) is 19.8. The molecule has 0 bridgehead atoms. The highest BCUT2D eigenvalue weighted by atomic mass is 16.5. The van der Waals surface area contributed by atoms with Gasteiger partial charge in [-0.15, -0.1) is 0 Å². The zero-order valence-electron chi connectivity index (χ0n) is 9.88. The predicted molar refractivity (Wildman–Crippen MR) is 60.1 cm³/mol. The summed E-state index contributed by atoms with van der Waals surface area (Å²) >= 11 is 0. The molecule has 17 heavy (non-hydrogen) atoms. The van der Waals surface area contributed by atoms with E-state index in [1.807, 2.05) is 13.8 Å². The third-order valence-electron chi connectivity index (χ3n) is 2.10. The van der Waals surface area contributed by atoms with Crippen LogP contribution in [-0.4, -0.2) is 33.6 Å². The Morgan fingerprint density at radius 2 is 2.24 bits per heavy atom. The lowest BCUT2D eigenvalue weighted by Crippen LogP contribution is -2.13. The van der Waals surface area contributed by atoms with Crippen molar-refractivity contribution in [3.8, 4) is 5.88 Å². The second kappa shape index (κ2) is 4.40. The van der Waals surface area contributed by atoms with Gasteiger partial charge in [-0.3, -0.25) is 4.40 Å². The predicted octanol–water partition coefficient (Wildman–Crippen LogP) is 1.30. The van der Waals surface area contributed by atoms with Crippen molar-refractivity contribution < 1.29 is 14.3 Å². The molecule has 0 aromatic carbocycles. The van der Waals surface area contributed by atoms with E-state index in [1.54, 1.807) is 23.0 Å². The Morgan fingerprint density at radius 1 is 1.47 bits per heavy atom. The van der Waals surface area contributed by atoms with E-state index in [0.717, 1.165) is 0 Å². The lowest BCUT2D eigenvalue weighted by atomic mass is 10.3. The maximum Gasteiger partial charge on any atom is 0.344 e. The second-order valence-corrected chi connectivity index (χ2v) is 3.75. The summed E-state index contributed by atoms with van der Waals surface area (Å²) in [7, 11) is 1.32. The van der Waals surface area contributed by atoms with Crippen molar-refractivity contribution in [1.29, 1.82) is 0 Å². The van der Waals surface area contributed by atoms with E-state index in [0.29, 0.717) is 5.78 Å². The van der Waals surface area contributed by atoms with Crippen molar-refractivity contribution in [3.63, 3.8) is 0 Å². The number of aromatic nitrogens is 3. The third kappa shape index (κ3) is 2.20. The van der Waals surface area contributed by atoms with Gasteiger partial charge in [-0.2, -0.15) is 4.98 Å². The van der Waals surface area contributed by atoms with Crippen LogP contribution in [0.4, 0.5) is 0 Å². The summed E-state index contributed by atoms with van der Waals surface area (Å²) in [5.41, 5.74) is 0.284. The number of ether oxygens (including phenoxy) is 2. The Balaban J connectivity index is 2.55. The molecular formula is C11H13N3O3. The Bertz CT molecular complexity index is 548. The summed E-state index contributed by atoms with van der Waals surface area (Å²) in [5.74, 6) is 0.239. The molecule has 6 nitrogen and oxygen atoms in total. The van der Waals surface area contributed by atoms with Gasteiger partial charge in [0.25, 0.3) is 0 Å². The van der Waals surface area contributed by atoms with Crippen LogP contribution in [0.3, 0.4) is 0 Å². The van der Waals surface area contributed by atoms with Gasteiger partial charge in [0.05, 0.1) is 13.2 Å². The average Bonchev–Trinajstić information content (AvgIpc) is 2.73. The van der Waals surface area contributed by atoms with E-state index >= 15 is 0 Å². The van der Waals surface area contributed by atoms with Crippen molar-refractivity contribution in [3.05, 3.63) is 24.2 Å². The minimum atomic E-state index is -0.483. The molecule has 0 saturated heterocycles. The van der Waals surface area contributed by atoms with Crippen molar-refractivity contribution in [2.45, 2.75) is 20.0 Å². The highest BCUT2D eigenvalue weighted by molar-refractivity contribution is 5.91. The monoisotopic (exact) mass is 235 g/mol. The van der Waals surface area contributed by atoms with E-state index < -0.39 is 5.97 Å². The molecule has 0 fully saturated rings. The fraction of sp³-hybridized carbons (Fsp3) is 0.364. The molecule has 0 atom stereocenters. The molecule has 90 valence electrons. The van der Waals surface area contributed by atoms with Gasteiger partial charge in [0.1, 0.15) is 5.56 Å². The fourth-order valence-electron chi connectivity index (χ4n) is 1.40. The number of esters is 1. The quantitative estimate of drug-likeness (QED) is 0.750. The molecule has 0 amide bonds. The van der Waals surface area contributed by atoms with Crippen LogP contribution in [-0.2, 0) is 4.74 Å². The summed E-state index contributed by atoms with van der Waals surface area (Å²) in [6, 6.07) is 0. The number of hydrogen-bond acceptors (Lipinski definition) is 5. The van der Waals surface area contributed by atoms with Gasteiger partial charge < -0.3 is 9.47 Å². The van der Waals surface area contributed by atoms with Crippen LogP contribution < -0.4 is 4.74 Å². The van der Waals surface area contributed by atoms with E-state index in [1.165, 1.54) is 7.11 Å². The van der Waals surface area contributed by atoms with Gasteiger partial charge >= 0.3 is 5.97 Å². The fourth-order valence-corrected chi connectivity index (χ4v) is 1.40. The lowest BCUT2D eigenvalue weighted by Gasteiger charge is -2.12. The first-order valence-corrected chi connectivity index (χ1v) is 5.20. The first kappa shape index (κ1) is 11.4.